The van der Waals surface area contributed by atoms with Gasteiger partial charge in [0.1, 0.15) is 0 Å². The molecule has 0 aliphatic heterocycles. The Kier molecular flexibility index (Phi) is 3.93. The largest absolute Gasteiger partial charge is 0.326 e. The predicted molar refractivity (Wildman–Crippen MR) is 79.1 cm³/mol. The molecule has 2 aromatic rings. The summed E-state index contributed by atoms with van der Waals surface area (Å²) in [6.45, 7) is 0.371. The summed E-state index contributed by atoms with van der Waals surface area (Å²) in [5.41, 5.74) is 8.12. The van der Waals surface area contributed by atoms with E-state index < -0.39 is 0 Å². The quantitative estimate of drug-likeness (QED) is 0.522. The smallest absolute Gasteiger partial charge is 0.278 e. The molecule has 0 heterocycles. The molecule has 0 aromatic heterocycles. The van der Waals surface area contributed by atoms with Crippen LogP contribution < -0.4 is 5.73 Å². The predicted octanol–water partition coefficient (Wildman–Crippen LogP) is 3.33. The van der Waals surface area contributed by atoms with Gasteiger partial charge in [-0.1, -0.05) is 30.3 Å². The zero-order chi connectivity index (χ0) is 13.1. The molecule has 0 unspecified atom stereocenters. The highest BCUT2D eigenvalue weighted by atomic mass is 127. The molecule has 0 aliphatic rings. The molecule has 5 heteroatoms. The lowest BCUT2D eigenvalue weighted by Crippen LogP contribution is -2.02. The van der Waals surface area contributed by atoms with E-state index in [9.17, 15) is 10.1 Å². The highest BCUT2D eigenvalue weighted by molar-refractivity contribution is 14.1. The molecule has 2 aromatic carbocycles. The lowest BCUT2D eigenvalue weighted by Gasteiger charge is -2.07. The Morgan fingerprint density at radius 1 is 1.22 bits per heavy atom. The number of nitrogens with two attached hydrogens (primary N) is 1. The van der Waals surface area contributed by atoms with Crippen LogP contribution in [-0.2, 0) is 6.54 Å². The van der Waals surface area contributed by atoms with Gasteiger partial charge in [-0.25, -0.2) is 0 Å². The summed E-state index contributed by atoms with van der Waals surface area (Å²) in [4.78, 5) is 10.8. The minimum Gasteiger partial charge on any atom is -0.326 e. The Balaban J connectivity index is 2.68. The molecular weight excluding hydrogens is 343 g/mol. The molecule has 4 nitrogen and oxygen atoms in total. The van der Waals surface area contributed by atoms with Crippen molar-refractivity contribution in [2.24, 2.45) is 5.73 Å². The number of nitrogens with zero attached hydrogens (tertiary/aromatic N) is 1. The first kappa shape index (κ1) is 13.0. The summed E-state index contributed by atoms with van der Waals surface area (Å²) < 4.78 is 0.821. The molecule has 0 saturated carbocycles. The molecule has 0 amide bonds. The van der Waals surface area contributed by atoms with E-state index in [0.717, 1.165) is 14.7 Å². The van der Waals surface area contributed by atoms with Gasteiger partial charge in [-0.3, -0.25) is 10.1 Å². The van der Waals surface area contributed by atoms with E-state index in [-0.39, 0.29) is 10.6 Å². The second kappa shape index (κ2) is 5.45. The van der Waals surface area contributed by atoms with Gasteiger partial charge in [0, 0.05) is 16.2 Å². The van der Waals surface area contributed by atoms with E-state index in [2.05, 4.69) is 22.6 Å². The maximum absolute atomic E-state index is 11.1. The van der Waals surface area contributed by atoms with Crippen molar-refractivity contribution in [1.29, 1.82) is 0 Å². The van der Waals surface area contributed by atoms with Crippen LogP contribution in [0.4, 0.5) is 5.69 Å². The Labute approximate surface area is 118 Å². The van der Waals surface area contributed by atoms with Crippen molar-refractivity contribution in [3.63, 3.8) is 0 Å². The van der Waals surface area contributed by atoms with Crippen molar-refractivity contribution in [2.45, 2.75) is 6.54 Å². The van der Waals surface area contributed by atoms with Crippen LogP contribution in [0.25, 0.3) is 11.1 Å². The van der Waals surface area contributed by atoms with Gasteiger partial charge in [0.25, 0.3) is 5.69 Å². The van der Waals surface area contributed by atoms with Crippen LogP contribution in [0.15, 0.2) is 42.5 Å². The lowest BCUT2D eigenvalue weighted by molar-refractivity contribution is -0.384. The number of halogens is 1. The Hall–Kier alpha value is -1.47. The van der Waals surface area contributed by atoms with E-state index in [1.54, 1.807) is 12.1 Å². The average Bonchev–Trinajstić information content (AvgIpc) is 2.39. The van der Waals surface area contributed by atoms with Gasteiger partial charge in [-0.2, -0.15) is 0 Å². The van der Waals surface area contributed by atoms with Gasteiger partial charge in [-0.05, 0) is 39.8 Å². The van der Waals surface area contributed by atoms with Gasteiger partial charge in [0.2, 0.25) is 0 Å². The highest BCUT2D eigenvalue weighted by Crippen LogP contribution is 2.33. The molecule has 0 aliphatic carbocycles. The second-order valence-corrected chi connectivity index (χ2v) is 4.95. The number of nitro benzene ring substituents is 1. The van der Waals surface area contributed by atoms with Gasteiger partial charge >= 0.3 is 0 Å². The van der Waals surface area contributed by atoms with Crippen LogP contribution >= 0.6 is 22.6 Å². The number of rotatable bonds is 3. The summed E-state index contributed by atoms with van der Waals surface area (Å²) in [6, 6.07) is 12.7. The molecule has 0 bridgehead atoms. The first-order chi connectivity index (χ1) is 8.63. The fraction of sp³-hybridized carbons (Fsp3) is 0.0769. The molecule has 0 saturated heterocycles. The molecule has 0 radical (unpaired) electrons. The molecule has 0 fully saturated rings. The van der Waals surface area contributed by atoms with Crippen LogP contribution in [0, 0.1) is 13.7 Å². The minimum atomic E-state index is -0.356. The van der Waals surface area contributed by atoms with Crippen molar-refractivity contribution >= 4 is 28.3 Å². The van der Waals surface area contributed by atoms with E-state index in [1.165, 1.54) is 0 Å². The second-order valence-electron chi connectivity index (χ2n) is 3.79. The molecular formula is C13H11IN2O2. The fourth-order valence-corrected chi connectivity index (χ4v) is 2.43. The van der Waals surface area contributed by atoms with Crippen molar-refractivity contribution in [3.8, 4) is 11.1 Å². The van der Waals surface area contributed by atoms with Crippen molar-refractivity contribution in [2.75, 3.05) is 0 Å². The topological polar surface area (TPSA) is 69.2 Å². The lowest BCUT2D eigenvalue weighted by atomic mass is 10.0. The zero-order valence-corrected chi connectivity index (χ0v) is 11.6. The van der Waals surface area contributed by atoms with E-state index in [0.29, 0.717) is 12.1 Å². The van der Waals surface area contributed by atoms with Crippen LogP contribution in [0.2, 0.25) is 0 Å². The van der Waals surface area contributed by atoms with Gasteiger partial charge < -0.3 is 5.73 Å². The summed E-state index contributed by atoms with van der Waals surface area (Å²) >= 11 is 2.07. The summed E-state index contributed by atoms with van der Waals surface area (Å²) in [5, 5.41) is 11.1. The van der Waals surface area contributed by atoms with Crippen LogP contribution in [0.1, 0.15) is 5.56 Å². The third kappa shape index (κ3) is 2.51. The Morgan fingerprint density at radius 3 is 2.44 bits per heavy atom. The van der Waals surface area contributed by atoms with Gasteiger partial charge in [0.15, 0.2) is 0 Å². The van der Waals surface area contributed by atoms with Crippen molar-refractivity contribution < 1.29 is 4.92 Å². The molecule has 2 rings (SSSR count). The normalized spacial score (nSPS) is 10.3. The molecule has 2 N–H and O–H groups in total. The average molecular weight is 354 g/mol. The van der Waals surface area contributed by atoms with Crippen molar-refractivity contribution in [1.82, 2.24) is 0 Å². The monoisotopic (exact) mass is 354 g/mol. The fourth-order valence-electron chi connectivity index (χ4n) is 1.76. The van der Waals surface area contributed by atoms with Gasteiger partial charge in [-0.15, -0.1) is 0 Å². The first-order valence-electron chi connectivity index (χ1n) is 5.35. The molecule has 92 valence electrons. The standard InChI is InChI=1S/C13H11IN2O2/c14-12-7-13(16(17)18)11(6-10(12)8-15)9-4-2-1-3-5-9/h1-7H,8,15H2. The SMILES string of the molecule is NCc1cc(-c2ccccc2)c([N+](=O)[O-])cc1I. The van der Waals surface area contributed by atoms with Crippen LogP contribution in [0.5, 0.6) is 0 Å². The molecule has 0 atom stereocenters. The Morgan fingerprint density at radius 2 is 1.89 bits per heavy atom. The first-order valence-corrected chi connectivity index (χ1v) is 6.43. The summed E-state index contributed by atoms with van der Waals surface area (Å²) in [7, 11) is 0. The number of nitro groups is 1. The van der Waals surface area contributed by atoms with E-state index in [4.69, 9.17) is 5.73 Å². The summed E-state index contributed by atoms with van der Waals surface area (Å²) in [5.74, 6) is 0. The third-order valence-electron chi connectivity index (χ3n) is 2.67. The number of hydrogen-bond donors (Lipinski definition) is 1. The van der Waals surface area contributed by atoms with E-state index >= 15 is 0 Å². The number of hydrogen-bond acceptors (Lipinski definition) is 3. The van der Waals surface area contributed by atoms with Crippen molar-refractivity contribution in [3.05, 3.63) is 61.7 Å². The van der Waals surface area contributed by atoms with E-state index in [1.807, 2.05) is 30.3 Å². The number of benzene rings is 2. The zero-order valence-electron chi connectivity index (χ0n) is 9.47. The maximum atomic E-state index is 11.1. The Bertz CT molecular complexity index is 585. The minimum absolute atomic E-state index is 0.114. The third-order valence-corrected chi connectivity index (χ3v) is 3.67. The van der Waals surface area contributed by atoms with Crippen LogP contribution in [0.3, 0.4) is 0 Å². The molecule has 0 spiro atoms. The summed E-state index contributed by atoms with van der Waals surface area (Å²) in [6.07, 6.45) is 0. The maximum Gasteiger partial charge on any atom is 0.278 e. The highest BCUT2D eigenvalue weighted by Gasteiger charge is 2.17. The van der Waals surface area contributed by atoms with Crippen LogP contribution in [-0.4, -0.2) is 4.92 Å². The molecule has 18 heavy (non-hydrogen) atoms. The van der Waals surface area contributed by atoms with Gasteiger partial charge in [0.05, 0.1) is 10.5 Å².